The van der Waals surface area contributed by atoms with Gasteiger partial charge in [0.25, 0.3) is 0 Å². The van der Waals surface area contributed by atoms with Crippen LogP contribution >= 0.6 is 11.3 Å². The highest BCUT2D eigenvalue weighted by molar-refractivity contribution is 7.07. The SMILES string of the molecule is COC(=O)[C@@H](Cc1ccsc1)NC(C)=O. The maximum absolute atomic E-state index is 11.3. The third kappa shape index (κ3) is 3.71. The Hall–Kier alpha value is -1.36. The molecule has 0 saturated carbocycles. The molecule has 0 radical (unpaired) electrons. The molecule has 82 valence electrons. The maximum atomic E-state index is 11.3. The second-order valence-electron chi connectivity index (χ2n) is 3.11. The van der Waals surface area contributed by atoms with Gasteiger partial charge in [-0.2, -0.15) is 11.3 Å². The normalized spacial score (nSPS) is 11.9. The minimum absolute atomic E-state index is 0.236. The molecule has 1 atom stereocenters. The van der Waals surface area contributed by atoms with Gasteiger partial charge in [-0.05, 0) is 22.4 Å². The van der Waals surface area contributed by atoms with Gasteiger partial charge < -0.3 is 10.1 Å². The fraction of sp³-hybridized carbons (Fsp3) is 0.400. The molecule has 1 heterocycles. The van der Waals surface area contributed by atoms with Crippen LogP contribution in [0.2, 0.25) is 0 Å². The summed E-state index contributed by atoms with van der Waals surface area (Å²) in [5.74, 6) is -0.656. The second kappa shape index (κ2) is 5.50. The Balaban J connectivity index is 2.64. The van der Waals surface area contributed by atoms with E-state index >= 15 is 0 Å². The molecule has 0 aromatic carbocycles. The van der Waals surface area contributed by atoms with Gasteiger partial charge in [0.2, 0.25) is 5.91 Å². The van der Waals surface area contributed by atoms with Gasteiger partial charge in [-0.15, -0.1) is 0 Å². The third-order valence-electron chi connectivity index (χ3n) is 1.88. The molecule has 1 aromatic rings. The number of methoxy groups -OCH3 is 1. The molecule has 0 aliphatic rings. The van der Waals surface area contributed by atoms with Crippen molar-refractivity contribution in [2.75, 3.05) is 7.11 Å². The Morgan fingerprint density at radius 1 is 1.60 bits per heavy atom. The lowest BCUT2D eigenvalue weighted by molar-refractivity contribution is -0.144. The molecular weight excluding hydrogens is 214 g/mol. The molecule has 5 heteroatoms. The molecule has 0 unspecified atom stereocenters. The first-order valence-corrected chi connectivity index (χ1v) is 5.43. The maximum Gasteiger partial charge on any atom is 0.328 e. The number of thiophene rings is 1. The number of esters is 1. The van der Waals surface area contributed by atoms with Crippen LogP contribution in [-0.4, -0.2) is 25.0 Å². The van der Waals surface area contributed by atoms with Crippen molar-refractivity contribution in [3.8, 4) is 0 Å². The summed E-state index contributed by atoms with van der Waals surface area (Å²) in [5, 5.41) is 6.43. The molecule has 1 N–H and O–H groups in total. The molecule has 0 aliphatic heterocycles. The zero-order chi connectivity index (χ0) is 11.3. The van der Waals surface area contributed by atoms with Crippen LogP contribution in [-0.2, 0) is 20.7 Å². The quantitative estimate of drug-likeness (QED) is 0.780. The van der Waals surface area contributed by atoms with Crippen molar-refractivity contribution >= 4 is 23.2 Å². The van der Waals surface area contributed by atoms with Crippen LogP contribution in [0.25, 0.3) is 0 Å². The zero-order valence-electron chi connectivity index (χ0n) is 8.65. The van der Waals surface area contributed by atoms with Gasteiger partial charge in [0, 0.05) is 13.3 Å². The van der Waals surface area contributed by atoms with Gasteiger partial charge in [0.15, 0.2) is 0 Å². The number of ether oxygens (including phenoxy) is 1. The van der Waals surface area contributed by atoms with Crippen molar-refractivity contribution in [1.82, 2.24) is 5.32 Å². The first kappa shape index (κ1) is 11.7. The summed E-state index contributed by atoms with van der Waals surface area (Å²) in [4.78, 5) is 22.2. The minimum atomic E-state index is -0.595. The summed E-state index contributed by atoms with van der Waals surface area (Å²) in [7, 11) is 1.31. The number of hydrogen-bond donors (Lipinski definition) is 1. The van der Waals surface area contributed by atoms with Gasteiger partial charge in [-0.1, -0.05) is 0 Å². The Bertz CT molecular complexity index is 334. The monoisotopic (exact) mass is 227 g/mol. The molecule has 1 amide bonds. The van der Waals surface area contributed by atoms with Crippen LogP contribution in [0.5, 0.6) is 0 Å². The van der Waals surface area contributed by atoms with Crippen molar-refractivity contribution in [2.24, 2.45) is 0 Å². The molecule has 4 nitrogen and oxygen atoms in total. The van der Waals surface area contributed by atoms with Gasteiger partial charge in [0.1, 0.15) is 6.04 Å². The van der Waals surface area contributed by atoms with Crippen LogP contribution in [0.3, 0.4) is 0 Å². The topological polar surface area (TPSA) is 55.4 Å². The molecule has 0 fully saturated rings. The molecular formula is C10H13NO3S. The lowest BCUT2D eigenvalue weighted by atomic mass is 10.1. The standard InChI is InChI=1S/C10H13NO3S/c1-7(12)11-9(10(13)14-2)5-8-3-4-15-6-8/h3-4,6,9H,5H2,1-2H3,(H,11,12)/t9-/m1/s1. The van der Waals surface area contributed by atoms with Crippen LogP contribution in [0.4, 0.5) is 0 Å². The summed E-state index contributed by atoms with van der Waals surface area (Å²) in [6, 6.07) is 1.32. The average molecular weight is 227 g/mol. The van der Waals surface area contributed by atoms with Crippen LogP contribution in [0.1, 0.15) is 12.5 Å². The molecule has 0 saturated heterocycles. The van der Waals surface area contributed by atoms with E-state index in [1.54, 1.807) is 11.3 Å². The number of nitrogens with one attached hydrogen (secondary N) is 1. The largest absolute Gasteiger partial charge is 0.467 e. The first-order chi connectivity index (χ1) is 7.13. The molecule has 0 aliphatic carbocycles. The van der Waals surface area contributed by atoms with Crippen molar-refractivity contribution in [3.05, 3.63) is 22.4 Å². The second-order valence-corrected chi connectivity index (χ2v) is 3.89. The lowest BCUT2D eigenvalue weighted by Gasteiger charge is -2.14. The zero-order valence-corrected chi connectivity index (χ0v) is 9.47. The smallest absolute Gasteiger partial charge is 0.328 e. The summed E-state index contributed by atoms with van der Waals surface area (Å²) in [6.07, 6.45) is 0.468. The van der Waals surface area contributed by atoms with E-state index in [0.717, 1.165) is 5.56 Å². The summed E-state index contributed by atoms with van der Waals surface area (Å²) < 4.78 is 4.61. The molecule has 1 rings (SSSR count). The Labute approximate surface area is 92.2 Å². The van der Waals surface area contributed by atoms with E-state index in [1.165, 1.54) is 14.0 Å². The van der Waals surface area contributed by atoms with Gasteiger partial charge in [-0.3, -0.25) is 4.79 Å². The third-order valence-corrected chi connectivity index (χ3v) is 2.62. The molecule has 1 aromatic heterocycles. The predicted molar refractivity (Wildman–Crippen MR) is 57.6 cm³/mol. The Morgan fingerprint density at radius 3 is 2.80 bits per heavy atom. The van der Waals surface area contributed by atoms with E-state index in [1.807, 2.05) is 16.8 Å². The highest BCUT2D eigenvalue weighted by Crippen LogP contribution is 2.09. The fourth-order valence-electron chi connectivity index (χ4n) is 1.23. The first-order valence-electron chi connectivity index (χ1n) is 4.49. The van der Waals surface area contributed by atoms with E-state index in [0.29, 0.717) is 6.42 Å². The van der Waals surface area contributed by atoms with Crippen molar-refractivity contribution in [2.45, 2.75) is 19.4 Å². The number of amides is 1. The van der Waals surface area contributed by atoms with Crippen molar-refractivity contribution in [1.29, 1.82) is 0 Å². The van der Waals surface area contributed by atoms with Gasteiger partial charge in [0.05, 0.1) is 7.11 Å². The highest BCUT2D eigenvalue weighted by Gasteiger charge is 2.20. The number of rotatable bonds is 4. The Kier molecular flexibility index (Phi) is 4.30. The van der Waals surface area contributed by atoms with Crippen LogP contribution in [0.15, 0.2) is 16.8 Å². The van der Waals surface area contributed by atoms with E-state index < -0.39 is 12.0 Å². The van der Waals surface area contributed by atoms with E-state index in [4.69, 9.17) is 0 Å². The number of carbonyl (C=O) groups excluding carboxylic acids is 2. The summed E-state index contributed by atoms with van der Waals surface area (Å²) in [5.41, 5.74) is 1.02. The summed E-state index contributed by atoms with van der Waals surface area (Å²) >= 11 is 1.55. The minimum Gasteiger partial charge on any atom is -0.467 e. The molecule has 15 heavy (non-hydrogen) atoms. The Morgan fingerprint density at radius 2 is 2.33 bits per heavy atom. The van der Waals surface area contributed by atoms with Crippen molar-refractivity contribution in [3.63, 3.8) is 0 Å². The van der Waals surface area contributed by atoms with Crippen LogP contribution in [0, 0.1) is 0 Å². The average Bonchev–Trinajstić information content (AvgIpc) is 2.67. The van der Waals surface area contributed by atoms with E-state index in [9.17, 15) is 9.59 Å². The summed E-state index contributed by atoms with van der Waals surface area (Å²) in [6.45, 7) is 1.38. The fourth-order valence-corrected chi connectivity index (χ4v) is 1.91. The van der Waals surface area contributed by atoms with E-state index in [-0.39, 0.29) is 5.91 Å². The van der Waals surface area contributed by atoms with Gasteiger partial charge >= 0.3 is 5.97 Å². The number of hydrogen-bond acceptors (Lipinski definition) is 4. The number of carbonyl (C=O) groups is 2. The van der Waals surface area contributed by atoms with Crippen molar-refractivity contribution < 1.29 is 14.3 Å². The van der Waals surface area contributed by atoms with Crippen LogP contribution < -0.4 is 5.32 Å². The van der Waals surface area contributed by atoms with Gasteiger partial charge in [-0.25, -0.2) is 4.79 Å². The lowest BCUT2D eigenvalue weighted by Crippen LogP contribution is -2.41. The molecule has 0 spiro atoms. The predicted octanol–water partition coefficient (Wildman–Crippen LogP) is 0.968. The highest BCUT2D eigenvalue weighted by atomic mass is 32.1. The molecule has 0 bridgehead atoms. The van der Waals surface area contributed by atoms with E-state index in [2.05, 4.69) is 10.1 Å².